The zero-order chi connectivity index (χ0) is 23.4. The van der Waals surface area contributed by atoms with Crippen molar-refractivity contribution in [2.24, 2.45) is 7.05 Å². The Morgan fingerprint density at radius 1 is 1.27 bits per heavy atom. The monoisotopic (exact) mass is 472 g/mol. The van der Waals surface area contributed by atoms with Gasteiger partial charge in [-0.1, -0.05) is 0 Å². The Morgan fingerprint density at radius 2 is 2.09 bits per heavy atom. The number of nitrogens with zero attached hydrogens (tertiary/aromatic N) is 4. The molecule has 4 rings (SSSR count). The van der Waals surface area contributed by atoms with E-state index in [2.05, 4.69) is 20.7 Å². The van der Waals surface area contributed by atoms with Gasteiger partial charge in [0.15, 0.2) is 5.65 Å². The highest BCUT2D eigenvalue weighted by molar-refractivity contribution is 7.17. The van der Waals surface area contributed by atoms with Gasteiger partial charge >= 0.3 is 0 Å². The number of aryl methyl sites for hydroxylation is 3. The molecule has 176 valence electrons. The molecule has 3 aromatic rings. The van der Waals surface area contributed by atoms with Crippen LogP contribution < -0.4 is 16.2 Å². The molecule has 3 heterocycles. The van der Waals surface area contributed by atoms with Crippen molar-refractivity contribution in [3.8, 4) is 0 Å². The second-order valence-electron chi connectivity index (χ2n) is 8.06. The number of carbonyl (C=O) groups excluding carboxylic acids is 2. The minimum absolute atomic E-state index is 0.0881. The summed E-state index contributed by atoms with van der Waals surface area (Å²) in [5.41, 5.74) is 1.90. The number of thiophene rings is 1. The molecule has 0 unspecified atom stereocenters. The van der Waals surface area contributed by atoms with Crippen molar-refractivity contribution >= 4 is 39.2 Å². The van der Waals surface area contributed by atoms with Gasteiger partial charge in [-0.25, -0.2) is 4.98 Å². The average Bonchev–Trinajstić information content (AvgIpc) is 3.36. The van der Waals surface area contributed by atoms with Crippen LogP contribution in [0.1, 0.15) is 46.5 Å². The number of hydrogen-bond donors (Lipinski definition) is 2. The standard InChI is InChI=1S/C22H28N6O4S/c1-27-19-15(12-25-27)22(31)28(13-24-19)10-8-17(29)26-21-18(20(30)23-9-5-11-32-2)14-6-3-4-7-16(14)33-21/h12-13H,3-11H2,1-2H3,(H,23,30)(H,26,29). The highest BCUT2D eigenvalue weighted by atomic mass is 32.1. The van der Waals surface area contributed by atoms with Crippen molar-refractivity contribution in [2.75, 3.05) is 25.6 Å². The van der Waals surface area contributed by atoms with E-state index in [-0.39, 0.29) is 30.3 Å². The van der Waals surface area contributed by atoms with Gasteiger partial charge in [-0.2, -0.15) is 5.10 Å². The SMILES string of the molecule is COCCCNC(=O)c1c(NC(=O)CCn2cnc3c(cnn3C)c2=O)sc2c1CCCC2. The second-order valence-corrected chi connectivity index (χ2v) is 9.17. The van der Waals surface area contributed by atoms with E-state index >= 15 is 0 Å². The molecule has 33 heavy (non-hydrogen) atoms. The summed E-state index contributed by atoms with van der Waals surface area (Å²) in [7, 11) is 3.35. The number of rotatable bonds is 9. The highest BCUT2D eigenvalue weighted by Crippen LogP contribution is 2.38. The summed E-state index contributed by atoms with van der Waals surface area (Å²) in [6.45, 7) is 1.27. The average molecular weight is 473 g/mol. The smallest absolute Gasteiger partial charge is 0.264 e. The van der Waals surface area contributed by atoms with Gasteiger partial charge in [0.2, 0.25) is 5.91 Å². The summed E-state index contributed by atoms with van der Waals surface area (Å²) in [6.07, 6.45) is 7.61. The van der Waals surface area contributed by atoms with Crippen molar-refractivity contribution in [3.05, 3.63) is 38.9 Å². The van der Waals surface area contributed by atoms with Crippen LogP contribution in [0.5, 0.6) is 0 Å². The first-order valence-corrected chi connectivity index (χ1v) is 11.9. The van der Waals surface area contributed by atoms with Crippen molar-refractivity contribution in [1.82, 2.24) is 24.6 Å². The number of nitrogens with one attached hydrogen (secondary N) is 2. The summed E-state index contributed by atoms with van der Waals surface area (Å²) in [4.78, 5) is 43.7. The molecule has 0 fully saturated rings. The molecule has 2 N–H and O–H groups in total. The number of aromatic nitrogens is 4. The number of carbonyl (C=O) groups is 2. The lowest BCUT2D eigenvalue weighted by Gasteiger charge is -2.13. The largest absolute Gasteiger partial charge is 0.385 e. The van der Waals surface area contributed by atoms with Crippen LogP contribution in [0.2, 0.25) is 0 Å². The third-order valence-electron chi connectivity index (χ3n) is 5.76. The normalized spacial score (nSPS) is 13.2. The van der Waals surface area contributed by atoms with E-state index in [9.17, 15) is 14.4 Å². The lowest BCUT2D eigenvalue weighted by Crippen LogP contribution is -2.27. The number of methoxy groups -OCH3 is 1. The fraction of sp³-hybridized carbons (Fsp3) is 0.500. The van der Waals surface area contributed by atoms with Gasteiger partial charge in [0, 0.05) is 45.2 Å². The lowest BCUT2D eigenvalue weighted by atomic mass is 9.95. The van der Waals surface area contributed by atoms with Gasteiger partial charge in [-0.05, 0) is 37.7 Å². The maximum absolute atomic E-state index is 12.9. The van der Waals surface area contributed by atoms with E-state index in [1.807, 2.05) is 0 Å². The zero-order valence-electron chi connectivity index (χ0n) is 18.8. The summed E-state index contributed by atoms with van der Waals surface area (Å²) in [5, 5.41) is 10.9. The Balaban J connectivity index is 1.46. The number of hydrogen-bond acceptors (Lipinski definition) is 7. The maximum Gasteiger partial charge on any atom is 0.264 e. The Morgan fingerprint density at radius 3 is 2.91 bits per heavy atom. The van der Waals surface area contributed by atoms with E-state index in [0.717, 1.165) is 37.7 Å². The maximum atomic E-state index is 12.9. The Hall–Kier alpha value is -3.05. The number of amides is 2. The molecular weight excluding hydrogens is 444 g/mol. The molecule has 0 saturated carbocycles. The molecule has 1 aliphatic carbocycles. The van der Waals surface area contributed by atoms with Crippen molar-refractivity contribution in [1.29, 1.82) is 0 Å². The first-order chi connectivity index (χ1) is 16.0. The van der Waals surface area contributed by atoms with E-state index in [4.69, 9.17) is 4.74 Å². The van der Waals surface area contributed by atoms with E-state index in [0.29, 0.717) is 34.7 Å². The van der Waals surface area contributed by atoms with Crippen LogP contribution in [0.15, 0.2) is 17.3 Å². The quantitative estimate of drug-likeness (QED) is 0.459. The molecule has 0 saturated heterocycles. The van der Waals surface area contributed by atoms with E-state index in [1.54, 1.807) is 14.2 Å². The van der Waals surface area contributed by atoms with Gasteiger partial charge in [0.1, 0.15) is 10.4 Å². The van der Waals surface area contributed by atoms with Gasteiger partial charge in [0.25, 0.3) is 11.5 Å². The molecule has 0 aliphatic heterocycles. The van der Waals surface area contributed by atoms with Crippen LogP contribution in [0.25, 0.3) is 11.0 Å². The molecule has 0 radical (unpaired) electrons. The van der Waals surface area contributed by atoms with Crippen LogP contribution in [-0.2, 0) is 36.0 Å². The summed E-state index contributed by atoms with van der Waals surface area (Å²) in [6, 6.07) is 0. The van der Waals surface area contributed by atoms with Crippen LogP contribution in [-0.4, -0.2) is 51.4 Å². The Bertz CT molecular complexity index is 1230. The summed E-state index contributed by atoms with van der Waals surface area (Å²) in [5.74, 6) is -0.413. The number of fused-ring (bicyclic) bond motifs is 2. The van der Waals surface area contributed by atoms with Gasteiger partial charge in [0.05, 0.1) is 18.1 Å². The lowest BCUT2D eigenvalue weighted by molar-refractivity contribution is -0.116. The second kappa shape index (κ2) is 10.3. The molecule has 0 bridgehead atoms. The fourth-order valence-electron chi connectivity index (χ4n) is 4.04. The minimum atomic E-state index is -0.250. The first-order valence-electron chi connectivity index (χ1n) is 11.1. The molecule has 0 aromatic carbocycles. The molecule has 11 heteroatoms. The van der Waals surface area contributed by atoms with Crippen LogP contribution in [0, 0.1) is 0 Å². The molecule has 1 aliphatic rings. The number of ether oxygens (including phenoxy) is 1. The third kappa shape index (κ3) is 4.98. The predicted molar refractivity (Wildman–Crippen MR) is 126 cm³/mol. The van der Waals surface area contributed by atoms with Gasteiger partial charge in [-0.15, -0.1) is 11.3 Å². The van der Waals surface area contributed by atoms with Crippen LogP contribution in [0.3, 0.4) is 0 Å². The van der Waals surface area contributed by atoms with Crippen LogP contribution in [0.4, 0.5) is 5.00 Å². The van der Waals surface area contributed by atoms with Gasteiger partial charge < -0.3 is 15.4 Å². The fourth-order valence-corrected chi connectivity index (χ4v) is 5.34. The minimum Gasteiger partial charge on any atom is -0.385 e. The van der Waals surface area contributed by atoms with E-state index < -0.39 is 0 Å². The summed E-state index contributed by atoms with van der Waals surface area (Å²) >= 11 is 1.48. The van der Waals surface area contributed by atoms with Crippen molar-refractivity contribution < 1.29 is 14.3 Å². The molecule has 3 aromatic heterocycles. The van der Waals surface area contributed by atoms with E-state index in [1.165, 1.54) is 38.0 Å². The topological polar surface area (TPSA) is 120 Å². The third-order valence-corrected chi connectivity index (χ3v) is 6.97. The molecule has 2 amide bonds. The molecule has 0 atom stereocenters. The summed E-state index contributed by atoms with van der Waals surface area (Å²) < 4.78 is 7.98. The van der Waals surface area contributed by atoms with Gasteiger partial charge in [-0.3, -0.25) is 23.6 Å². The van der Waals surface area contributed by atoms with Crippen molar-refractivity contribution in [2.45, 2.75) is 45.1 Å². The van der Waals surface area contributed by atoms with Crippen LogP contribution >= 0.6 is 11.3 Å². The predicted octanol–water partition coefficient (Wildman–Crippen LogP) is 1.87. The Kier molecular flexibility index (Phi) is 7.19. The molecule has 10 nitrogen and oxygen atoms in total. The molecule has 0 spiro atoms. The highest BCUT2D eigenvalue weighted by Gasteiger charge is 2.26. The number of anilines is 1. The molecular formula is C22H28N6O4S. The zero-order valence-corrected chi connectivity index (χ0v) is 19.7. The first kappa shape index (κ1) is 23.1. The Labute approximate surface area is 195 Å². The van der Waals surface area contributed by atoms with Crippen molar-refractivity contribution in [3.63, 3.8) is 0 Å².